The molecular formula is C28H45F5O3. The molecular weight excluding hydrogens is 479 g/mol. The van der Waals surface area contributed by atoms with E-state index in [9.17, 15) is 27.1 Å². The molecule has 3 nitrogen and oxygen atoms in total. The number of aliphatic hydroxyl groups is 1. The maximum Gasteiger partial charge on any atom is 0.283 e. The minimum Gasteiger partial charge on any atom is -0.343 e. The summed E-state index contributed by atoms with van der Waals surface area (Å²) in [5, 5.41) is 11.0. The van der Waals surface area contributed by atoms with Crippen molar-refractivity contribution in [3.8, 4) is 0 Å². The number of unbranched alkanes of at least 4 members (excludes halogenated alkanes) is 10. The molecule has 0 saturated carbocycles. The van der Waals surface area contributed by atoms with Crippen LogP contribution >= 0.6 is 0 Å². The van der Waals surface area contributed by atoms with E-state index in [-0.39, 0.29) is 12.3 Å². The highest BCUT2D eigenvalue weighted by Gasteiger charge is 2.38. The SMILES string of the molecule is CCCCCCCCC(CCCCCCCCc1c(F)c(F)c(F)c(F)c1F)C(O)(OCC)OCC. The predicted molar refractivity (Wildman–Crippen MR) is 132 cm³/mol. The molecule has 0 aliphatic carbocycles. The second kappa shape index (κ2) is 18.1. The number of benzene rings is 1. The summed E-state index contributed by atoms with van der Waals surface area (Å²) in [6.45, 7) is 6.56. The Morgan fingerprint density at radius 3 is 1.42 bits per heavy atom. The molecule has 0 spiro atoms. The van der Waals surface area contributed by atoms with Crippen LogP contribution in [0.1, 0.15) is 116 Å². The largest absolute Gasteiger partial charge is 0.343 e. The highest BCUT2D eigenvalue weighted by molar-refractivity contribution is 5.24. The molecule has 36 heavy (non-hydrogen) atoms. The number of halogens is 5. The molecule has 0 radical (unpaired) electrons. The van der Waals surface area contributed by atoms with Crippen LogP contribution < -0.4 is 0 Å². The topological polar surface area (TPSA) is 38.7 Å². The Balaban J connectivity index is 2.44. The van der Waals surface area contributed by atoms with Crippen LogP contribution in [0.25, 0.3) is 0 Å². The van der Waals surface area contributed by atoms with E-state index in [1.807, 2.05) is 13.8 Å². The number of hydrogen-bond donors (Lipinski definition) is 1. The zero-order chi connectivity index (χ0) is 27.0. The fourth-order valence-electron chi connectivity index (χ4n) is 4.64. The smallest absolute Gasteiger partial charge is 0.283 e. The Morgan fingerprint density at radius 2 is 0.972 bits per heavy atom. The van der Waals surface area contributed by atoms with E-state index in [1.165, 1.54) is 25.7 Å². The summed E-state index contributed by atoms with van der Waals surface area (Å²) in [5.41, 5.74) is -0.741. The predicted octanol–water partition coefficient (Wildman–Crippen LogP) is 8.74. The molecule has 1 unspecified atom stereocenters. The van der Waals surface area contributed by atoms with Gasteiger partial charge in [0, 0.05) is 24.7 Å². The lowest BCUT2D eigenvalue weighted by Gasteiger charge is -2.35. The molecule has 1 N–H and O–H groups in total. The van der Waals surface area contributed by atoms with E-state index in [4.69, 9.17) is 9.47 Å². The molecule has 1 aromatic carbocycles. The summed E-state index contributed by atoms with van der Waals surface area (Å²) in [6, 6.07) is 0. The van der Waals surface area contributed by atoms with Gasteiger partial charge in [-0.25, -0.2) is 22.0 Å². The summed E-state index contributed by atoms with van der Waals surface area (Å²) in [5.74, 6) is -11.1. The monoisotopic (exact) mass is 524 g/mol. The van der Waals surface area contributed by atoms with Gasteiger partial charge in [-0.1, -0.05) is 77.6 Å². The van der Waals surface area contributed by atoms with Crippen molar-refractivity contribution in [1.29, 1.82) is 0 Å². The summed E-state index contributed by atoms with van der Waals surface area (Å²) >= 11 is 0. The van der Waals surface area contributed by atoms with Crippen LogP contribution in [0.15, 0.2) is 0 Å². The van der Waals surface area contributed by atoms with Crippen LogP contribution in [-0.4, -0.2) is 24.3 Å². The Bertz CT molecular complexity index is 709. The summed E-state index contributed by atoms with van der Waals surface area (Å²) in [7, 11) is 0. The van der Waals surface area contributed by atoms with Crippen LogP contribution in [0.5, 0.6) is 0 Å². The minimum atomic E-state index is -2.12. The number of ether oxygens (including phenoxy) is 2. The van der Waals surface area contributed by atoms with Crippen LogP contribution in [0.2, 0.25) is 0 Å². The first-order valence-corrected chi connectivity index (χ1v) is 13.7. The van der Waals surface area contributed by atoms with Crippen molar-refractivity contribution >= 4 is 0 Å². The standard InChI is InChI=1S/C28H45F5O3/c1-4-7-8-9-12-15-18-21(28(34,35-5-2)36-6-3)19-16-13-10-11-14-17-20-22-23(29)25(31)27(33)26(32)24(22)30/h21,34H,4-20H2,1-3H3. The van der Waals surface area contributed by atoms with Crippen molar-refractivity contribution in [2.75, 3.05) is 13.2 Å². The molecule has 0 fully saturated rings. The van der Waals surface area contributed by atoms with Crippen molar-refractivity contribution in [2.45, 2.75) is 123 Å². The molecule has 1 aromatic rings. The van der Waals surface area contributed by atoms with Crippen LogP contribution in [-0.2, 0) is 15.9 Å². The molecule has 8 heteroatoms. The van der Waals surface area contributed by atoms with Crippen molar-refractivity contribution in [2.24, 2.45) is 5.92 Å². The second-order valence-corrected chi connectivity index (χ2v) is 9.46. The quantitative estimate of drug-likeness (QED) is 0.0574. The Kier molecular flexibility index (Phi) is 16.5. The van der Waals surface area contributed by atoms with Gasteiger partial charge in [0.25, 0.3) is 5.97 Å². The van der Waals surface area contributed by atoms with Gasteiger partial charge in [-0.15, -0.1) is 0 Å². The Hall–Kier alpha value is -1.25. The fourth-order valence-corrected chi connectivity index (χ4v) is 4.64. The maximum atomic E-state index is 13.8. The van der Waals surface area contributed by atoms with Gasteiger partial charge in [-0.3, -0.25) is 0 Å². The van der Waals surface area contributed by atoms with Crippen LogP contribution in [0.4, 0.5) is 22.0 Å². The molecule has 0 aliphatic heterocycles. The lowest BCUT2D eigenvalue weighted by Crippen LogP contribution is -2.44. The van der Waals surface area contributed by atoms with E-state index in [0.29, 0.717) is 26.1 Å². The van der Waals surface area contributed by atoms with Gasteiger partial charge < -0.3 is 14.6 Å². The van der Waals surface area contributed by atoms with E-state index in [1.54, 1.807) is 0 Å². The van der Waals surface area contributed by atoms with Crippen LogP contribution in [0, 0.1) is 35.0 Å². The van der Waals surface area contributed by atoms with Gasteiger partial charge in [0.05, 0.1) is 0 Å². The van der Waals surface area contributed by atoms with Gasteiger partial charge in [0.2, 0.25) is 5.82 Å². The van der Waals surface area contributed by atoms with Crippen molar-refractivity contribution in [1.82, 2.24) is 0 Å². The normalized spacial score (nSPS) is 12.9. The van der Waals surface area contributed by atoms with Crippen molar-refractivity contribution in [3.05, 3.63) is 34.6 Å². The molecule has 210 valence electrons. The van der Waals surface area contributed by atoms with Gasteiger partial charge >= 0.3 is 0 Å². The first-order valence-electron chi connectivity index (χ1n) is 13.7. The first kappa shape index (κ1) is 32.8. The third kappa shape index (κ3) is 10.6. The lowest BCUT2D eigenvalue weighted by atomic mass is 9.91. The summed E-state index contributed by atoms with van der Waals surface area (Å²) in [4.78, 5) is 0. The molecule has 1 rings (SSSR count). The Labute approximate surface area is 213 Å². The zero-order valence-corrected chi connectivity index (χ0v) is 22.3. The molecule has 1 atom stereocenters. The van der Waals surface area contributed by atoms with Crippen molar-refractivity contribution in [3.63, 3.8) is 0 Å². The first-order chi connectivity index (χ1) is 17.2. The number of hydrogen-bond acceptors (Lipinski definition) is 3. The number of rotatable bonds is 21. The third-order valence-corrected chi connectivity index (χ3v) is 6.65. The Morgan fingerprint density at radius 1 is 0.583 bits per heavy atom. The van der Waals surface area contributed by atoms with E-state index in [0.717, 1.165) is 51.4 Å². The zero-order valence-electron chi connectivity index (χ0n) is 22.3. The molecule has 0 aromatic heterocycles. The fraction of sp³-hybridized carbons (Fsp3) is 0.786. The van der Waals surface area contributed by atoms with E-state index in [2.05, 4.69) is 6.92 Å². The highest BCUT2D eigenvalue weighted by Crippen LogP contribution is 2.32. The lowest BCUT2D eigenvalue weighted by molar-refractivity contribution is -0.385. The molecule has 0 saturated heterocycles. The maximum absolute atomic E-state index is 13.8. The van der Waals surface area contributed by atoms with Gasteiger partial charge in [-0.2, -0.15) is 0 Å². The van der Waals surface area contributed by atoms with Crippen LogP contribution in [0.3, 0.4) is 0 Å². The minimum absolute atomic E-state index is 0.127. The summed E-state index contributed by atoms with van der Waals surface area (Å²) < 4.78 is 78.5. The second-order valence-electron chi connectivity index (χ2n) is 9.46. The van der Waals surface area contributed by atoms with Crippen molar-refractivity contribution < 1.29 is 36.5 Å². The highest BCUT2D eigenvalue weighted by atomic mass is 19.2. The van der Waals surface area contributed by atoms with Gasteiger partial charge in [0.1, 0.15) is 0 Å². The van der Waals surface area contributed by atoms with Gasteiger partial charge in [0.15, 0.2) is 23.3 Å². The summed E-state index contributed by atoms with van der Waals surface area (Å²) in [6.07, 6.45) is 12.8. The molecule has 0 aliphatic rings. The molecule has 0 bridgehead atoms. The molecule has 0 amide bonds. The average Bonchev–Trinajstić information content (AvgIpc) is 2.85. The third-order valence-electron chi connectivity index (χ3n) is 6.65. The molecule has 0 heterocycles. The average molecular weight is 525 g/mol. The van der Waals surface area contributed by atoms with E-state index < -0.39 is 40.6 Å². The van der Waals surface area contributed by atoms with Gasteiger partial charge in [-0.05, 0) is 39.5 Å². The van der Waals surface area contributed by atoms with E-state index >= 15 is 0 Å².